The van der Waals surface area contributed by atoms with Crippen molar-refractivity contribution < 1.29 is 9.59 Å². The molecule has 1 heterocycles. The standard InChI is InChI=1S/C18H24ClN5O2/c1-5-16(12-9-20-24(4)10-12)23-18(26)22-13-6-7-15(19)14(8-13)17(25)21-11(2)3/h6-11,16H,5H2,1-4H3,(H,21,25)(H2,22,23,26)/t16-/m1/s1. The highest BCUT2D eigenvalue weighted by atomic mass is 35.5. The van der Waals surface area contributed by atoms with Crippen LogP contribution in [0.5, 0.6) is 0 Å². The van der Waals surface area contributed by atoms with Crippen molar-refractivity contribution in [3.05, 3.63) is 46.7 Å². The molecule has 0 aliphatic carbocycles. The Balaban J connectivity index is 2.07. The molecule has 0 saturated heterocycles. The average Bonchev–Trinajstić information content (AvgIpc) is 3.00. The largest absolute Gasteiger partial charge is 0.350 e. The molecule has 0 fully saturated rings. The van der Waals surface area contributed by atoms with Gasteiger partial charge in [-0.05, 0) is 38.5 Å². The summed E-state index contributed by atoms with van der Waals surface area (Å²) in [4.78, 5) is 24.5. The molecule has 2 aromatic rings. The van der Waals surface area contributed by atoms with Crippen molar-refractivity contribution in [1.29, 1.82) is 0 Å². The lowest BCUT2D eigenvalue weighted by molar-refractivity contribution is 0.0943. The van der Waals surface area contributed by atoms with Crippen molar-refractivity contribution in [2.45, 2.75) is 39.3 Å². The molecule has 140 valence electrons. The lowest BCUT2D eigenvalue weighted by atomic mass is 10.1. The third kappa shape index (κ3) is 5.23. The first-order chi connectivity index (χ1) is 12.3. The van der Waals surface area contributed by atoms with Crippen LogP contribution in [-0.2, 0) is 7.05 Å². The molecule has 0 radical (unpaired) electrons. The Kier molecular flexibility index (Phi) is 6.63. The lowest BCUT2D eigenvalue weighted by Gasteiger charge is -2.17. The number of nitrogens with zero attached hydrogens (tertiary/aromatic N) is 2. The third-order valence-electron chi connectivity index (χ3n) is 3.73. The lowest BCUT2D eigenvalue weighted by Crippen LogP contribution is -2.32. The van der Waals surface area contributed by atoms with Crippen LogP contribution < -0.4 is 16.0 Å². The normalized spacial score (nSPS) is 11.9. The number of aryl methyl sites for hydroxylation is 1. The summed E-state index contributed by atoms with van der Waals surface area (Å²) >= 11 is 6.10. The molecule has 0 saturated carbocycles. The highest BCUT2D eigenvalue weighted by Gasteiger charge is 2.16. The van der Waals surface area contributed by atoms with E-state index < -0.39 is 0 Å². The van der Waals surface area contributed by atoms with Crippen LogP contribution in [0, 0.1) is 0 Å². The van der Waals surface area contributed by atoms with Gasteiger partial charge in [-0.2, -0.15) is 5.10 Å². The minimum atomic E-state index is -0.363. The maximum atomic E-state index is 12.3. The molecule has 3 N–H and O–H groups in total. The average molecular weight is 378 g/mol. The second-order valence-electron chi connectivity index (χ2n) is 6.33. The van der Waals surface area contributed by atoms with Gasteiger partial charge in [-0.1, -0.05) is 18.5 Å². The summed E-state index contributed by atoms with van der Waals surface area (Å²) in [6.45, 7) is 5.71. The molecular weight excluding hydrogens is 354 g/mol. The minimum absolute atomic E-state index is 0.0109. The summed E-state index contributed by atoms with van der Waals surface area (Å²) < 4.78 is 1.69. The Morgan fingerprint density at radius 3 is 2.58 bits per heavy atom. The quantitative estimate of drug-likeness (QED) is 0.720. The van der Waals surface area contributed by atoms with Crippen LogP contribution in [0.4, 0.5) is 10.5 Å². The topological polar surface area (TPSA) is 88.1 Å². The molecule has 7 nitrogen and oxygen atoms in total. The molecule has 1 aromatic heterocycles. The van der Waals surface area contributed by atoms with E-state index in [9.17, 15) is 9.59 Å². The molecule has 8 heteroatoms. The van der Waals surface area contributed by atoms with Crippen molar-refractivity contribution in [2.24, 2.45) is 7.05 Å². The summed E-state index contributed by atoms with van der Waals surface area (Å²) in [6, 6.07) is 4.27. The van der Waals surface area contributed by atoms with Gasteiger partial charge in [-0.25, -0.2) is 4.79 Å². The fourth-order valence-corrected chi connectivity index (χ4v) is 2.69. The highest BCUT2D eigenvalue weighted by Crippen LogP contribution is 2.21. The van der Waals surface area contributed by atoms with E-state index in [1.807, 2.05) is 34.0 Å². The van der Waals surface area contributed by atoms with Crippen LogP contribution in [0.2, 0.25) is 5.02 Å². The van der Waals surface area contributed by atoms with Crippen molar-refractivity contribution in [3.8, 4) is 0 Å². The Morgan fingerprint density at radius 1 is 1.27 bits per heavy atom. The van der Waals surface area contributed by atoms with Gasteiger partial charge in [0.2, 0.25) is 0 Å². The van der Waals surface area contributed by atoms with E-state index in [-0.39, 0.29) is 24.0 Å². The molecule has 2 rings (SSSR count). The zero-order valence-electron chi connectivity index (χ0n) is 15.3. The highest BCUT2D eigenvalue weighted by molar-refractivity contribution is 6.34. The third-order valence-corrected chi connectivity index (χ3v) is 4.06. The zero-order chi connectivity index (χ0) is 19.3. The Morgan fingerprint density at radius 2 is 2.00 bits per heavy atom. The van der Waals surface area contributed by atoms with Crippen molar-refractivity contribution in [1.82, 2.24) is 20.4 Å². The molecule has 0 bridgehead atoms. The van der Waals surface area contributed by atoms with Gasteiger partial charge in [0.1, 0.15) is 0 Å². The number of hydrogen-bond donors (Lipinski definition) is 3. The number of carbonyl (C=O) groups excluding carboxylic acids is 2. The molecular formula is C18H24ClN5O2. The molecule has 1 aromatic carbocycles. The SMILES string of the molecule is CC[C@@H](NC(=O)Nc1ccc(Cl)c(C(=O)NC(C)C)c1)c1cnn(C)c1. The zero-order valence-corrected chi connectivity index (χ0v) is 16.1. The number of urea groups is 1. The van der Waals surface area contributed by atoms with Crippen LogP contribution >= 0.6 is 11.6 Å². The fraction of sp³-hybridized carbons (Fsp3) is 0.389. The van der Waals surface area contributed by atoms with Gasteiger partial charge < -0.3 is 16.0 Å². The van der Waals surface area contributed by atoms with Gasteiger partial charge in [-0.3, -0.25) is 9.48 Å². The van der Waals surface area contributed by atoms with E-state index in [0.717, 1.165) is 12.0 Å². The predicted octanol–water partition coefficient (Wildman–Crippen LogP) is 3.48. The first kappa shape index (κ1) is 19.8. The number of rotatable bonds is 6. The van der Waals surface area contributed by atoms with Crippen LogP contribution in [0.25, 0.3) is 0 Å². The summed E-state index contributed by atoms with van der Waals surface area (Å²) in [5.74, 6) is -0.282. The number of amides is 3. The number of carbonyl (C=O) groups is 2. The maximum Gasteiger partial charge on any atom is 0.319 e. The summed E-state index contributed by atoms with van der Waals surface area (Å²) in [5.41, 5.74) is 1.73. The molecule has 1 atom stereocenters. The second-order valence-corrected chi connectivity index (χ2v) is 6.74. The van der Waals surface area contributed by atoms with E-state index in [2.05, 4.69) is 21.0 Å². The van der Waals surface area contributed by atoms with Crippen LogP contribution in [0.3, 0.4) is 0 Å². The van der Waals surface area contributed by atoms with Gasteiger partial charge >= 0.3 is 6.03 Å². The number of aromatic nitrogens is 2. The predicted molar refractivity (Wildman–Crippen MR) is 102 cm³/mol. The van der Waals surface area contributed by atoms with Crippen molar-refractivity contribution in [3.63, 3.8) is 0 Å². The molecule has 0 aliphatic rings. The molecule has 3 amide bonds. The minimum Gasteiger partial charge on any atom is -0.350 e. The summed E-state index contributed by atoms with van der Waals surface area (Å²) in [5, 5.41) is 12.9. The maximum absolute atomic E-state index is 12.3. The van der Waals surface area contributed by atoms with Crippen molar-refractivity contribution in [2.75, 3.05) is 5.32 Å². The van der Waals surface area contributed by atoms with E-state index in [1.54, 1.807) is 29.1 Å². The first-order valence-corrected chi connectivity index (χ1v) is 8.84. The molecule has 0 aliphatic heterocycles. The molecule has 0 unspecified atom stereocenters. The Bertz CT molecular complexity index is 788. The van der Waals surface area contributed by atoms with E-state index >= 15 is 0 Å². The molecule has 26 heavy (non-hydrogen) atoms. The van der Waals surface area contributed by atoms with E-state index in [4.69, 9.17) is 11.6 Å². The number of benzene rings is 1. The molecule has 0 spiro atoms. The van der Waals surface area contributed by atoms with Gasteiger partial charge in [0.05, 0.1) is 22.8 Å². The van der Waals surface area contributed by atoms with Gasteiger partial charge in [0.25, 0.3) is 5.91 Å². The number of nitrogens with one attached hydrogen (secondary N) is 3. The van der Waals surface area contributed by atoms with Gasteiger partial charge in [-0.15, -0.1) is 0 Å². The number of halogens is 1. The number of hydrogen-bond acceptors (Lipinski definition) is 3. The fourth-order valence-electron chi connectivity index (χ4n) is 2.48. The van der Waals surface area contributed by atoms with E-state index in [0.29, 0.717) is 16.3 Å². The number of anilines is 1. The first-order valence-electron chi connectivity index (χ1n) is 8.46. The monoisotopic (exact) mass is 377 g/mol. The van der Waals surface area contributed by atoms with Crippen LogP contribution in [0.15, 0.2) is 30.6 Å². The Hall–Kier alpha value is -2.54. The van der Waals surface area contributed by atoms with Crippen LogP contribution in [0.1, 0.15) is 49.2 Å². The second kappa shape index (κ2) is 8.71. The smallest absolute Gasteiger partial charge is 0.319 e. The summed E-state index contributed by atoms with van der Waals surface area (Å²) in [7, 11) is 1.83. The van der Waals surface area contributed by atoms with E-state index in [1.165, 1.54) is 0 Å². The summed E-state index contributed by atoms with van der Waals surface area (Å²) in [6.07, 6.45) is 4.32. The van der Waals surface area contributed by atoms with Gasteiger partial charge in [0.15, 0.2) is 0 Å². The van der Waals surface area contributed by atoms with Gasteiger partial charge in [0, 0.05) is 30.5 Å². The Labute approximate surface area is 158 Å². The van der Waals surface area contributed by atoms with Crippen LogP contribution in [-0.4, -0.2) is 27.8 Å². The van der Waals surface area contributed by atoms with Crippen molar-refractivity contribution >= 4 is 29.2 Å².